The Morgan fingerprint density at radius 1 is 1.33 bits per heavy atom. The van der Waals surface area contributed by atoms with E-state index in [0.717, 1.165) is 0 Å². The largest absolute Gasteiger partial charge is 0.490 e. The van der Waals surface area contributed by atoms with Gasteiger partial charge in [-0.15, -0.1) is 0 Å². The number of rotatable bonds is 6. The number of carbonyl (C=O) groups is 1. The molecule has 0 spiro atoms. The van der Waals surface area contributed by atoms with Crippen LogP contribution in [0.5, 0.6) is 5.75 Å². The van der Waals surface area contributed by atoms with Gasteiger partial charge in [0, 0.05) is 0 Å². The van der Waals surface area contributed by atoms with Crippen LogP contribution in [0.1, 0.15) is 5.56 Å². The minimum absolute atomic E-state index is 0.0727. The summed E-state index contributed by atoms with van der Waals surface area (Å²) in [6.07, 6.45) is 0.684. The zero-order valence-corrected chi connectivity index (χ0v) is 8.18. The Morgan fingerprint density at radius 2 is 2.13 bits per heavy atom. The highest BCUT2D eigenvalue weighted by molar-refractivity contribution is 5.50. The normalized spacial score (nSPS) is 9.27. The molecule has 0 aliphatic carbocycles. The van der Waals surface area contributed by atoms with E-state index in [0.29, 0.717) is 30.8 Å². The molecule has 0 aromatic heterocycles. The molecular weight excluding hydrogens is 194 g/mol. The van der Waals surface area contributed by atoms with E-state index in [4.69, 9.17) is 14.7 Å². The van der Waals surface area contributed by atoms with Crippen LogP contribution in [0.25, 0.3) is 0 Å². The summed E-state index contributed by atoms with van der Waals surface area (Å²) in [5.74, 6) is 0.537. The summed E-state index contributed by atoms with van der Waals surface area (Å²) >= 11 is 0. The molecule has 0 N–H and O–H groups in total. The molecular formula is C11H11NO3. The fraction of sp³-hybridized carbons (Fsp3) is 0.273. The number of ether oxygens (including phenoxy) is 2. The van der Waals surface area contributed by atoms with E-state index in [2.05, 4.69) is 0 Å². The van der Waals surface area contributed by atoms with Crippen molar-refractivity contribution in [3.63, 3.8) is 0 Å². The third-order valence-electron chi connectivity index (χ3n) is 1.68. The first-order valence-electron chi connectivity index (χ1n) is 4.52. The van der Waals surface area contributed by atoms with Crippen molar-refractivity contribution in [2.45, 2.75) is 0 Å². The highest BCUT2D eigenvalue weighted by Gasteiger charge is 2.00. The number of benzene rings is 1. The second kappa shape index (κ2) is 6.57. The van der Waals surface area contributed by atoms with Crippen LogP contribution in [-0.4, -0.2) is 26.1 Å². The lowest BCUT2D eigenvalue weighted by Gasteiger charge is -2.06. The second-order valence-corrected chi connectivity index (χ2v) is 2.70. The van der Waals surface area contributed by atoms with Crippen molar-refractivity contribution < 1.29 is 14.3 Å². The summed E-state index contributed by atoms with van der Waals surface area (Å²) in [5, 5.41) is 8.75. The number of carbonyl (C=O) groups excluding carboxylic acids is 1. The maximum atomic E-state index is 9.93. The Balaban J connectivity index is 2.37. The summed E-state index contributed by atoms with van der Waals surface area (Å²) in [6.45, 7) is 0.730. The van der Waals surface area contributed by atoms with E-state index in [1.165, 1.54) is 0 Å². The van der Waals surface area contributed by atoms with Crippen LogP contribution in [0.15, 0.2) is 24.3 Å². The highest BCUT2D eigenvalue weighted by Crippen LogP contribution is 2.15. The van der Waals surface area contributed by atoms with Crippen LogP contribution >= 0.6 is 0 Å². The maximum Gasteiger partial charge on any atom is 0.145 e. The van der Waals surface area contributed by atoms with Crippen molar-refractivity contribution in [3.05, 3.63) is 29.8 Å². The van der Waals surface area contributed by atoms with Gasteiger partial charge >= 0.3 is 0 Å². The lowest BCUT2D eigenvalue weighted by Crippen LogP contribution is -2.08. The van der Waals surface area contributed by atoms with Crippen LogP contribution in [-0.2, 0) is 9.53 Å². The summed E-state index contributed by atoms with van der Waals surface area (Å²) in [7, 11) is 0. The standard InChI is InChI=1S/C11H11NO3/c12-9-10-3-1-2-4-11(10)15-8-7-14-6-5-13/h1-5H,6-8H2. The van der Waals surface area contributed by atoms with Gasteiger partial charge in [-0.3, -0.25) is 0 Å². The molecule has 78 valence electrons. The van der Waals surface area contributed by atoms with Gasteiger partial charge in [-0.05, 0) is 12.1 Å². The summed E-state index contributed by atoms with van der Waals surface area (Å²) in [4.78, 5) is 9.93. The van der Waals surface area contributed by atoms with E-state index in [9.17, 15) is 4.79 Å². The number of hydrogen-bond acceptors (Lipinski definition) is 4. The Hall–Kier alpha value is -1.86. The van der Waals surface area contributed by atoms with Crippen molar-refractivity contribution in [1.82, 2.24) is 0 Å². The molecule has 0 aliphatic rings. The first-order chi connectivity index (χ1) is 7.38. The van der Waals surface area contributed by atoms with E-state index < -0.39 is 0 Å². The second-order valence-electron chi connectivity index (χ2n) is 2.70. The average molecular weight is 205 g/mol. The van der Waals surface area contributed by atoms with Gasteiger partial charge in [0.05, 0.1) is 12.2 Å². The molecule has 0 fully saturated rings. The highest BCUT2D eigenvalue weighted by atomic mass is 16.5. The van der Waals surface area contributed by atoms with E-state index in [1.54, 1.807) is 24.3 Å². The van der Waals surface area contributed by atoms with Crippen molar-refractivity contribution in [2.75, 3.05) is 19.8 Å². The van der Waals surface area contributed by atoms with Crippen molar-refractivity contribution in [3.8, 4) is 11.8 Å². The van der Waals surface area contributed by atoms with Gasteiger partial charge in [-0.1, -0.05) is 12.1 Å². The predicted octanol–water partition coefficient (Wildman–Crippen LogP) is 1.15. The SMILES string of the molecule is N#Cc1ccccc1OCCOCC=O. The van der Waals surface area contributed by atoms with Crippen LogP contribution in [0.2, 0.25) is 0 Å². The van der Waals surface area contributed by atoms with Gasteiger partial charge in [0.2, 0.25) is 0 Å². The quantitative estimate of drug-likeness (QED) is 0.516. The molecule has 0 radical (unpaired) electrons. The van der Waals surface area contributed by atoms with Gasteiger partial charge in [0.15, 0.2) is 0 Å². The van der Waals surface area contributed by atoms with Crippen LogP contribution < -0.4 is 4.74 Å². The molecule has 1 aromatic carbocycles. The molecule has 0 saturated heterocycles. The monoisotopic (exact) mass is 205 g/mol. The Bertz CT molecular complexity index is 357. The smallest absolute Gasteiger partial charge is 0.145 e. The van der Waals surface area contributed by atoms with Gasteiger partial charge < -0.3 is 14.3 Å². The Kier molecular flexibility index (Phi) is 4.91. The fourth-order valence-corrected chi connectivity index (χ4v) is 1.03. The van der Waals surface area contributed by atoms with Gasteiger partial charge in [-0.2, -0.15) is 5.26 Å². The summed E-state index contributed by atoms with van der Waals surface area (Å²) in [6, 6.07) is 8.99. The Morgan fingerprint density at radius 3 is 2.87 bits per heavy atom. The summed E-state index contributed by atoms with van der Waals surface area (Å²) < 4.78 is 10.2. The molecule has 1 rings (SSSR count). The van der Waals surface area contributed by atoms with Crippen LogP contribution in [0, 0.1) is 11.3 Å². The summed E-state index contributed by atoms with van der Waals surface area (Å²) in [5.41, 5.74) is 0.493. The number of hydrogen-bond donors (Lipinski definition) is 0. The number of nitriles is 1. The third kappa shape index (κ3) is 3.79. The van der Waals surface area contributed by atoms with Crippen molar-refractivity contribution in [1.29, 1.82) is 5.26 Å². The Labute approximate surface area is 88.0 Å². The molecule has 0 bridgehead atoms. The average Bonchev–Trinajstić information content (AvgIpc) is 2.29. The molecule has 0 amide bonds. The number of nitrogens with zero attached hydrogens (tertiary/aromatic N) is 1. The van der Waals surface area contributed by atoms with Crippen LogP contribution in [0.4, 0.5) is 0 Å². The van der Waals surface area contributed by atoms with E-state index >= 15 is 0 Å². The zero-order valence-electron chi connectivity index (χ0n) is 8.18. The molecule has 0 atom stereocenters. The molecule has 0 saturated carbocycles. The molecule has 4 nitrogen and oxygen atoms in total. The molecule has 1 aromatic rings. The van der Waals surface area contributed by atoms with Crippen molar-refractivity contribution >= 4 is 6.29 Å². The molecule has 0 unspecified atom stereocenters. The number of aldehydes is 1. The van der Waals surface area contributed by atoms with Gasteiger partial charge in [-0.25, -0.2) is 0 Å². The van der Waals surface area contributed by atoms with Crippen molar-refractivity contribution in [2.24, 2.45) is 0 Å². The van der Waals surface area contributed by atoms with E-state index in [1.807, 2.05) is 6.07 Å². The van der Waals surface area contributed by atoms with Gasteiger partial charge in [0.25, 0.3) is 0 Å². The molecule has 0 heterocycles. The minimum atomic E-state index is 0.0727. The molecule has 4 heteroatoms. The first kappa shape index (κ1) is 11.2. The number of para-hydroxylation sites is 1. The lowest BCUT2D eigenvalue weighted by atomic mass is 10.2. The minimum Gasteiger partial charge on any atom is -0.490 e. The molecule has 15 heavy (non-hydrogen) atoms. The lowest BCUT2D eigenvalue weighted by molar-refractivity contribution is -0.112. The maximum absolute atomic E-state index is 9.93. The molecule has 0 aliphatic heterocycles. The first-order valence-corrected chi connectivity index (χ1v) is 4.52. The topological polar surface area (TPSA) is 59.3 Å². The predicted molar refractivity (Wildman–Crippen MR) is 53.5 cm³/mol. The fourth-order valence-electron chi connectivity index (χ4n) is 1.03. The van der Waals surface area contributed by atoms with Crippen LogP contribution in [0.3, 0.4) is 0 Å². The van der Waals surface area contributed by atoms with Gasteiger partial charge in [0.1, 0.15) is 31.3 Å². The zero-order chi connectivity index (χ0) is 10.9. The third-order valence-corrected chi connectivity index (χ3v) is 1.68. The van der Waals surface area contributed by atoms with E-state index in [-0.39, 0.29) is 6.61 Å².